The molecule has 0 bridgehead atoms. The quantitative estimate of drug-likeness (QED) is 0.609. The van der Waals surface area contributed by atoms with Crippen molar-refractivity contribution < 1.29 is 14.5 Å². The maximum Gasteiger partial charge on any atom is 0.279 e. The lowest BCUT2D eigenvalue weighted by atomic mass is 10.2. The SMILES string of the molecule is CCCNC(=O)C[NH+](C)CC(=O)Nc1cc(Cl)ccc1-n1cncn1. The Morgan fingerprint density at radius 2 is 2.04 bits per heavy atom. The van der Waals surface area contributed by atoms with Gasteiger partial charge in [-0.3, -0.25) is 9.59 Å². The van der Waals surface area contributed by atoms with Crippen LogP contribution in [0.4, 0.5) is 5.69 Å². The number of nitrogens with zero attached hydrogens (tertiary/aromatic N) is 3. The fourth-order valence-electron chi connectivity index (χ4n) is 2.27. The number of halogens is 1. The Bertz CT molecular complexity index is 719. The highest BCUT2D eigenvalue weighted by Crippen LogP contribution is 2.23. The van der Waals surface area contributed by atoms with Crippen LogP contribution in [0.15, 0.2) is 30.9 Å². The van der Waals surface area contributed by atoms with Crippen LogP contribution in [0.25, 0.3) is 5.69 Å². The molecule has 0 saturated carbocycles. The van der Waals surface area contributed by atoms with E-state index in [1.807, 2.05) is 6.92 Å². The highest BCUT2D eigenvalue weighted by molar-refractivity contribution is 6.31. The normalized spacial score (nSPS) is 11.8. The van der Waals surface area contributed by atoms with Gasteiger partial charge in [-0.15, -0.1) is 0 Å². The Labute approximate surface area is 151 Å². The number of anilines is 1. The summed E-state index contributed by atoms with van der Waals surface area (Å²) < 4.78 is 1.54. The fourth-order valence-corrected chi connectivity index (χ4v) is 2.44. The van der Waals surface area contributed by atoms with E-state index in [4.69, 9.17) is 11.6 Å². The van der Waals surface area contributed by atoms with Crippen LogP contribution in [-0.4, -0.2) is 53.3 Å². The first-order valence-electron chi connectivity index (χ1n) is 8.02. The number of nitrogens with one attached hydrogen (secondary N) is 3. The molecule has 1 atom stereocenters. The Kier molecular flexibility index (Phi) is 6.91. The van der Waals surface area contributed by atoms with Crippen molar-refractivity contribution in [1.82, 2.24) is 20.1 Å². The van der Waals surface area contributed by atoms with Crippen molar-refractivity contribution in [3.63, 3.8) is 0 Å². The molecular formula is C16H22ClN6O2+. The molecule has 25 heavy (non-hydrogen) atoms. The summed E-state index contributed by atoms with van der Waals surface area (Å²) in [6.45, 7) is 3.02. The maximum atomic E-state index is 12.3. The second-order valence-corrected chi connectivity index (χ2v) is 6.15. The van der Waals surface area contributed by atoms with Crippen LogP contribution in [0.2, 0.25) is 5.02 Å². The third kappa shape index (κ3) is 5.84. The first kappa shape index (κ1) is 18.9. The monoisotopic (exact) mass is 365 g/mol. The first-order valence-corrected chi connectivity index (χ1v) is 8.39. The van der Waals surface area contributed by atoms with Gasteiger partial charge in [0.05, 0.1) is 18.4 Å². The Hall–Kier alpha value is -2.45. The third-order valence-electron chi connectivity index (χ3n) is 3.40. The van der Waals surface area contributed by atoms with Crippen LogP contribution < -0.4 is 15.5 Å². The van der Waals surface area contributed by atoms with Gasteiger partial charge in [-0.05, 0) is 24.6 Å². The molecule has 9 heteroatoms. The second kappa shape index (κ2) is 9.14. The van der Waals surface area contributed by atoms with Crippen LogP contribution in [0.1, 0.15) is 13.3 Å². The molecule has 0 aliphatic carbocycles. The summed E-state index contributed by atoms with van der Waals surface area (Å²) in [5.41, 5.74) is 1.19. The smallest absolute Gasteiger partial charge is 0.279 e. The summed E-state index contributed by atoms with van der Waals surface area (Å²) in [5, 5.41) is 10.2. The first-order chi connectivity index (χ1) is 12.0. The van der Waals surface area contributed by atoms with Gasteiger partial charge in [0, 0.05) is 11.6 Å². The van der Waals surface area contributed by atoms with E-state index >= 15 is 0 Å². The predicted molar refractivity (Wildman–Crippen MR) is 94.9 cm³/mol. The van der Waals surface area contributed by atoms with Crippen LogP contribution in [0, 0.1) is 0 Å². The molecule has 1 heterocycles. The number of carbonyl (C=O) groups excluding carboxylic acids is 2. The van der Waals surface area contributed by atoms with Gasteiger partial charge in [0.25, 0.3) is 11.8 Å². The van der Waals surface area contributed by atoms with Crippen molar-refractivity contribution in [3.05, 3.63) is 35.9 Å². The van der Waals surface area contributed by atoms with Crippen molar-refractivity contribution in [2.45, 2.75) is 13.3 Å². The Morgan fingerprint density at radius 3 is 2.72 bits per heavy atom. The molecule has 0 radical (unpaired) electrons. The van der Waals surface area contributed by atoms with Gasteiger partial charge in [-0.1, -0.05) is 18.5 Å². The van der Waals surface area contributed by atoms with Gasteiger partial charge >= 0.3 is 0 Å². The van der Waals surface area contributed by atoms with E-state index in [0.717, 1.165) is 11.3 Å². The molecule has 0 spiro atoms. The average Bonchev–Trinajstić information content (AvgIpc) is 3.06. The van der Waals surface area contributed by atoms with Gasteiger partial charge in [0.2, 0.25) is 0 Å². The van der Waals surface area contributed by atoms with Gasteiger partial charge in [-0.2, -0.15) is 5.10 Å². The summed E-state index contributed by atoms with van der Waals surface area (Å²) in [4.78, 5) is 28.7. The van der Waals surface area contributed by atoms with Crippen molar-refractivity contribution >= 4 is 29.1 Å². The third-order valence-corrected chi connectivity index (χ3v) is 3.63. The molecule has 2 rings (SSSR count). The number of likely N-dealkylation sites (N-methyl/N-ethyl adjacent to an activating group) is 1. The molecule has 0 fully saturated rings. The molecule has 134 valence electrons. The average molecular weight is 366 g/mol. The number of quaternary nitrogens is 1. The minimum absolute atomic E-state index is 0.0711. The molecule has 0 aliphatic rings. The fraction of sp³-hybridized carbons (Fsp3) is 0.375. The van der Waals surface area contributed by atoms with E-state index in [1.54, 1.807) is 29.9 Å². The summed E-state index contributed by atoms with van der Waals surface area (Å²) in [7, 11) is 1.79. The molecule has 1 aromatic heterocycles. The number of benzene rings is 1. The van der Waals surface area contributed by atoms with Crippen molar-refractivity contribution in [2.75, 3.05) is 32.0 Å². The molecule has 0 aliphatic heterocycles. The lowest BCUT2D eigenvalue weighted by Crippen LogP contribution is -3.11. The lowest BCUT2D eigenvalue weighted by molar-refractivity contribution is -0.862. The molecular weight excluding hydrogens is 344 g/mol. The van der Waals surface area contributed by atoms with E-state index in [9.17, 15) is 9.59 Å². The van der Waals surface area contributed by atoms with Crippen LogP contribution in [0.5, 0.6) is 0 Å². The zero-order valence-electron chi connectivity index (χ0n) is 14.3. The topological polar surface area (TPSA) is 93.3 Å². The van der Waals surface area contributed by atoms with Gasteiger partial charge in [0.1, 0.15) is 12.7 Å². The predicted octanol–water partition coefficient (Wildman–Crippen LogP) is -0.0999. The second-order valence-electron chi connectivity index (χ2n) is 5.71. The van der Waals surface area contributed by atoms with Crippen molar-refractivity contribution in [1.29, 1.82) is 0 Å². The van der Waals surface area contributed by atoms with Crippen LogP contribution in [-0.2, 0) is 9.59 Å². The van der Waals surface area contributed by atoms with Gasteiger partial charge in [0.15, 0.2) is 13.1 Å². The number of hydrogen-bond acceptors (Lipinski definition) is 4. The minimum Gasteiger partial charge on any atom is -0.351 e. The van der Waals surface area contributed by atoms with E-state index < -0.39 is 0 Å². The molecule has 1 aromatic carbocycles. The summed E-state index contributed by atoms with van der Waals surface area (Å²) in [6, 6.07) is 5.12. The Morgan fingerprint density at radius 1 is 1.28 bits per heavy atom. The number of rotatable bonds is 8. The lowest BCUT2D eigenvalue weighted by Gasteiger charge is -2.15. The van der Waals surface area contributed by atoms with Crippen molar-refractivity contribution in [3.8, 4) is 5.69 Å². The van der Waals surface area contributed by atoms with Crippen LogP contribution in [0.3, 0.4) is 0 Å². The van der Waals surface area contributed by atoms with Crippen molar-refractivity contribution in [2.24, 2.45) is 0 Å². The van der Waals surface area contributed by atoms with Gasteiger partial charge in [-0.25, -0.2) is 9.67 Å². The number of hydrogen-bond donors (Lipinski definition) is 3. The minimum atomic E-state index is -0.218. The summed E-state index contributed by atoms with van der Waals surface area (Å²) in [6.07, 6.45) is 3.83. The molecule has 1 unspecified atom stereocenters. The van der Waals surface area contributed by atoms with E-state index in [2.05, 4.69) is 20.7 Å². The standard InChI is InChI=1S/C16H21ClN6O2/c1-3-6-19-15(24)8-22(2)9-16(25)21-13-7-12(17)4-5-14(13)23-11-18-10-20-23/h4-5,7,10-11H,3,6,8-9H2,1-2H3,(H,19,24)(H,21,25)/p+1. The highest BCUT2D eigenvalue weighted by atomic mass is 35.5. The largest absolute Gasteiger partial charge is 0.351 e. The number of aromatic nitrogens is 3. The van der Waals surface area contributed by atoms with E-state index in [-0.39, 0.29) is 24.9 Å². The summed E-state index contributed by atoms with van der Waals surface area (Å²) >= 11 is 6.03. The molecule has 3 N–H and O–H groups in total. The van der Waals surface area contributed by atoms with E-state index in [1.165, 1.54) is 12.7 Å². The molecule has 2 amide bonds. The number of amides is 2. The molecule has 8 nitrogen and oxygen atoms in total. The molecule has 2 aromatic rings. The zero-order valence-corrected chi connectivity index (χ0v) is 15.0. The van der Waals surface area contributed by atoms with Gasteiger partial charge < -0.3 is 15.5 Å². The molecule has 0 saturated heterocycles. The van der Waals surface area contributed by atoms with E-state index in [0.29, 0.717) is 22.9 Å². The number of carbonyl (C=O) groups is 2. The highest BCUT2D eigenvalue weighted by Gasteiger charge is 2.16. The Balaban J connectivity index is 1.98. The summed E-state index contributed by atoms with van der Waals surface area (Å²) in [5.74, 6) is -0.289. The zero-order chi connectivity index (χ0) is 18.2. The van der Waals surface area contributed by atoms with Crippen LogP contribution >= 0.6 is 11.6 Å². The maximum absolute atomic E-state index is 12.3.